The first-order valence-electron chi connectivity index (χ1n) is 8.29. The van der Waals surface area contributed by atoms with E-state index in [0.29, 0.717) is 5.92 Å². The Morgan fingerprint density at radius 1 is 0.800 bits per heavy atom. The minimum atomic E-state index is 0.509. The first-order chi connectivity index (χ1) is 12.2. The summed E-state index contributed by atoms with van der Waals surface area (Å²) >= 11 is 11.9. The fourth-order valence-electron chi connectivity index (χ4n) is 3.24. The largest absolute Gasteiger partial charge is 0.354 e. The normalized spacial score (nSPS) is 17.0. The smallest absolute Gasteiger partial charge is 0.151 e. The fraction of sp³-hybridized carbons (Fsp3) is 0.200. The topological polar surface area (TPSA) is 29.0 Å². The molecule has 0 N–H and O–H groups in total. The Labute approximate surface area is 157 Å². The van der Waals surface area contributed by atoms with Crippen LogP contribution in [-0.4, -0.2) is 23.3 Å². The summed E-state index contributed by atoms with van der Waals surface area (Å²) in [6.45, 7) is 1.94. The van der Waals surface area contributed by atoms with Crippen LogP contribution in [-0.2, 0) is 0 Å². The molecular formula is C20H17Cl2N3. The minimum Gasteiger partial charge on any atom is -0.354 e. The highest BCUT2D eigenvalue weighted by Gasteiger charge is 2.25. The van der Waals surface area contributed by atoms with E-state index < -0.39 is 0 Å². The van der Waals surface area contributed by atoms with Crippen molar-refractivity contribution < 1.29 is 0 Å². The lowest BCUT2D eigenvalue weighted by Crippen LogP contribution is -2.20. The first-order valence-corrected chi connectivity index (χ1v) is 9.05. The number of hydrogen-bond donors (Lipinski definition) is 0. The average Bonchev–Trinajstić information content (AvgIpc) is 3.13. The second kappa shape index (κ2) is 7.03. The van der Waals surface area contributed by atoms with Crippen LogP contribution < -0.4 is 4.90 Å². The first kappa shape index (κ1) is 16.4. The summed E-state index contributed by atoms with van der Waals surface area (Å²) in [5.74, 6) is 1.43. The Morgan fingerprint density at radius 2 is 1.48 bits per heavy atom. The van der Waals surface area contributed by atoms with Crippen LogP contribution in [0.4, 0.5) is 5.82 Å². The van der Waals surface area contributed by atoms with Crippen molar-refractivity contribution in [3.8, 4) is 11.3 Å². The summed E-state index contributed by atoms with van der Waals surface area (Å²) < 4.78 is 0. The molecule has 1 saturated heterocycles. The molecule has 0 saturated carbocycles. The number of rotatable bonds is 3. The van der Waals surface area contributed by atoms with Gasteiger partial charge < -0.3 is 4.90 Å². The third-order valence-electron chi connectivity index (χ3n) is 4.64. The lowest BCUT2D eigenvalue weighted by Gasteiger charge is -2.17. The van der Waals surface area contributed by atoms with Gasteiger partial charge in [0, 0.05) is 34.6 Å². The molecule has 126 valence electrons. The standard InChI is InChI=1S/C20H17Cl2N3/c21-17-5-1-14(2-6-17)16-11-12-25(13-16)20-10-9-19(23-24-20)15-3-7-18(22)8-4-15/h1-10,16H,11-13H2. The summed E-state index contributed by atoms with van der Waals surface area (Å²) in [7, 11) is 0. The monoisotopic (exact) mass is 369 g/mol. The molecule has 0 bridgehead atoms. The van der Waals surface area contributed by atoms with Gasteiger partial charge in [-0.25, -0.2) is 0 Å². The van der Waals surface area contributed by atoms with Gasteiger partial charge >= 0.3 is 0 Å². The van der Waals surface area contributed by atoms with E-state index in [1.807, 2.05) is 48.5 Å². The quantitative estimate of drug-likeness (QED) is 0.614. The maximum absolute atomic E-state index is 5.98. The minimum absolute atomic E-state index is 0.509. The molecule has 1 aliphatic heterocycles. The molecule has 0 spiro atoms. The molecule has 2 heterocycles. The van der Waals surface area contributed by atoms with E-state index in [-0.39, 0.29) is 0 Å². The molecule has 5 heteroatoms. The van der Waals surface area contributed by atoms with E-state index in [9.17, 15) is 0 Å². The summed E-state index contributed by atoms with van der Waals surface area (Å²) in [4.78, 5) is 2.29. The van der Waals surface area contributed by atoms with E-state index in [1.165, 1.54) is 5.56 Å². The Bertz CT molecular complexity index is 846. The van der Waals surface area contributed by atoms with Gasteiger partial charge in [-0.2, -0.15) is 0 Å². The highest BCUT2D eigenvalue weighted by molar-refractivity contribution is 6.30. The number of aromatic nitrogens is 2. The molecule has 3 nitrogen and oxygen atoms in total. The molecule has 2 aromatic carbocycles. The van der Waals surface area contributed by atoms with Crippen molar-refractivity contribution in [3.63, 3.8) is 0 Å². The van der Waals surface area contributed by atoms with Crippen molar-refractivity contribution in [2.45, 2.75) is 12.3 Å². The predicted molar refractivity (Wildman–Crippen MR) is 104 cm³/mol. The molecule has 0 aliphatic carbocycles. The van der Waals surface area contributed by atoms with Crippen LogP contribution in [0.2, 0.25) is 10.0 Å². The fourth-order valence-corrected chi connectivity index (χ4v) is 3.50. The van der Waals surface area contributed by atoms with E-state index in [0.717, 1.165) is 46.6 Å². The van der Waals surface area contributed by atoms with Gasteiger partial charge in [-0.15, -0.1) is 10.2 Å². The summed E-state index contributed by atoms with van der Waals surface area (Å²) in [6, 6.07) is 19.9. The molecule has 3 aromatic rings. The molecule has 1 atom stereocenters. The Morgan fingerprint density at radius 3 is 2.12 bits per heavy atom. The zero-order chi connectivity index (χ0) is 17.2. The molecule has 0 amide bonds. The van der Waals surface area contributed by atoms with Gasteiger partial charge in [0.15, 0.2) is 5.82 Å². The van der Waals surface area contributed by atoms with Crippen LogP contribution >= 0.6 is 23.2 Å². The van der Waals surface area contributed by atoms with Crippen molar-refractivity contribution in [2.24, 2.45) is 0 Å². The van der Waals surface area contributed by atoms with Crippen LogP contribution in [0.3, 0.4) is 0 Å². The molecule has 1 aromatic heterocycles. The van der Waals surface area contributed by atoms with Crippen LogP contribution in [0, 0.1) is 0 Å². The lowest BCUT2D eigenvalue weighted by molar-refractivity contribution is 0.773. The third kappa shape index (κ3) is 3.63. The van der Waals surface area contributed by atoms with Crippen LogP contribution in [0.15, 0.2) is 60.7 Å². The number of hydrogen-bond acceptors (Lipinski definition) is 3. The lowest BCUT2D eigenvalue weighted by atomic mass is 9.99. The second-order valence-electron chi connectivity index (χ2n) is 6.27. The second-order valence-corrected chi connectivity index (χ2v) is 7.14. The molecule has 0 radical (unpaired) electrons. The van der Waals surface area contributed by atoms with Crippen molar-refractivity contribution in [3.05, 3.63) is 76.3 Å². The Balaban J connectivity index is 1.47. The zero-order valence-corrected chi connectivity index (χ0v) is 15.1. The Kier molecular flexibility index (Phi) is 4.60. The van der Waals surface area contributed by atoms with Gasteiger partial charge in [-0.05, 0) is 48.4 Å². The number of nitrogens with zero attached hydrogens (tertiary/aromatic N) is 3. The van der Waals surface area contributed by atoms with Crippen LogP contribution in [0.5, 0.6) is 0 Å². The molecule has 1 aliphatic rings. The maximum atomic E-state index is 5.98. The molecular weight excluding hydrogens is 353 g/mol. The zero-order valence-electron chi connectivity index (χ0n) is 13.6. The average molecular weight is 370 g/mol. The van der Waals surface area contributed by atoms with Gasteiger partial charge in [0.2, 0.25) is 0 Å². The van der Waals surface area contributed by atoms with Crippen molar-refractivity contribution in [1.29, 1.82) is 0 Å². The molecule has 1 fully saturated rings. The molecule has 4 rings (SSSR count). The van der Waals surface area contributed by atoms with Gasteiger partial charge in [-0.1, -0.05) is 47.5 Å². The molecule has 25 heavy (non-hydrogen) atoms. The van der Waals surface area contributed by atoms with Crippen LogP contribution in [0.25, 0.3) is 11.3 Å². The summed E-state index contributed by atoms with van der Waals surface area (Å²) in [6.07, 6.45) is 1.11. The highest BCUT2D eigenvalue weighted by Crippen LogP contribution is 2.31. The maximum Gasteiger partial charge on any atom is 0.151 e. The highest BCUT2D eigenvalue weighted by atomic mass is 35.5. The van der Waals surface area contributed by atoms with Crippen molar-refractivity contribution in [2.75, 3.05) is 18.0 Å². The van der Waals surface area contributed by atoms with E-state index in [4.69, 9.17) is 23.2 Å². The van der Waals surface area contributed by atoms with Crippen molar-refractivity contribution in [1.82, 2.24) is 10.2 Å². The SMILES string of the molecule is Clc1ccc(-c2ccc(N3CCC(c4ccc(Cl)cc4)C3)nn2)cc1. The Hall–Kier alpha value is -2.10. The predicted octanol–water partition coefficient (Wildman–Crippen LogP) is 5.44. The summed E-state index contributed by atoms with van der Waals surface area (Å²) in [5.41, 5.74) is 3.20. The molecule has 1 unspecified atom stereocenters. The third-order valence-corrected chi connectivity index (χ3v) is 5.15. The van der Waals surface area contributed by atoms with Crippen LogP contribution in [0.1, 0.15) is 17.9 Å². The number of halogens is 2. The van der Waals surface area contributed by atoms with E-state index in [1.54, 1.807) is 0 Å². The number of anilines is 1. The number of benzene rings is 2. The van der Waals surface area contributed by atoms with Gasteiger partial charge in [0.25, 0.3) is 0 Å². The van der Waals surface area contributed by atoms with E-state index in [2.05, 4.69) is 27.2 Å². The van der Waals surface area contributed by atoms with Gasteiger partial charge in [0.05, 0.1) is 5.69 Å². The summed E-state index contributed by atoms with van der Waals surface area (Å²) in [5, 5.41) is 10.3. The van der Waals surface area contributed by atoms with E-state index >= 15 is 0 Å². The van der Waals surface area contributed by atoms with Crippen molar-refractivity contribution >= 4 is 29.0 Å². The van der Waals surface area contributed by atoms with Gasteiger partial charge in [0.1, 0.15) is 0 Å². The van der Waals surface area contributed by atoms with Gasteiger partial charge in [-0.3, -0.25) is 0 Å².